The maximum absolute atomic E-state index is 12.4. The first-order valence-corrected chi connectivity index (χ1v) is 8.22. The summed E-state index contributed by atoms with van der Waals surface area (Å²) >= 11 is 1.94. The SMILES string of the molecule is COc1cc(N)ccc1NC(=O)C(C)N(C)C1CCSC1. The fourth-order valence-electron chi connectivity index (χ4n) is 2.39. The number of rotatable bonds is 5. The highest BCUT2D eigenvalue weighted by molar-refractivity contribution is 7.99. The second kappa shape index (κ2) is 7.04. The van der Waals surface area contributed by atoms with Gasteiger partial charge in [0.1, 0.15) is 5.75 Å². The van der Waals surface area contributed by atoms with E-state index in [-0.39, 0.29) is 11.9 Å². The van der Waals surface area contributed by atoms with Crippen LogP contribution >= 0.6 is 11.8 Å². The highest BCUT2D eigenvalue weighted by atomic mass is 32.2. The van der Waals surface area contributed by atoms with Gasteiger partial charge in [0.25, 0.3) is 0 Å². The van der Waals surface area contributed by atoms with Crippen LogP contribution in [0.2, 0.25) is 0 Å². The summed E-state index contributed by atoms with van der Waals surface area (Å²) in [7, 11) is 3.58. The van der Waals surface area contributed by atoms with E-state index in [0.717, 1.165) is 12.2 Å². The lowest BCUT2D eigenvalue weighted by Crippen LogP contribution is -2.45. The molecule has 2 atom stereocenters. The van der Waals surface area contributed by atoms with E-state index in [4.69, 9.17) is 10.5 Å². The number of nitrogens with two attached hydrogens (primary N) is 1. The van der Waals surface area contributed by atoms with Crippen LogP contribution in [0, 0.1) is 0 Å². The third kappa shape index (κ3) is 3.83. The lowest BCUT2D eigenvalue weighted by molar-refractivity contribution is -0.120. The maximum atomic E-state index is 12.4. The number of nitrogen functional groups attached to an aromatic ring is 1. The molecule has 1 fully saturated rings. The molecule has 3 N–H and O–H groups in total. The van der Waals surface area contributed by atoms with Gasteiger partial charge in [0.05, 0.1) is 18.8 Å². The molecule has 0 aliphatic carbocycles. The molecule has 1 aliphatic rings. The Balaban J connectivity index is 2.03. The number of nitrogens with one attached hydrogen (secondary N) is 1. The monoisotopic (exact) mass is 309 g/mol. The summed E-state index contributed by atoms with van der Waals surface area (Å²) in [6.45, 7) is 1.93. The Hall–Kier alpha value is -1.40. The van der Waals surface area contributed by atoms with E-state index in [1.807, 2.05) is 25.7 Å². The average molecular weight is 309 g/mol. The van der Waals surface area contributed by atoms with Crippen LogP contribution in [0.25, 0.3) is 0 Å². The fourth-order valence-corrected chi connectivity index (χ4v) is 3.67. The van der Waals surface area contributed by atoms with Crippen molar-refractivity contribution in [2.24, 2.45) is 0 Å². The molecular formula is C15H23N3O2S. The molecule has 1 saturated heterocycles. The molecule has 2 rings (SSSR count). The number of methoxy groups -OCH3 is 1. The number of anilines is 2. The van der Waals surface area contributed by atoms with Crippen LogP contribution < -0.4 is 15.8 Å². The van der Waals surface area contributed by atoms with Crippen LogP contribution in [0.4, 0.5) is 11.4 Å². The first kappa shape index (κ1) is 16.0. The van der Waals surface area contributed by atoms with Crippen LogP contribution in [-0.2, 0) is 4.79 Å². The van der Waals surface area contributed by atoms with Gasteiger partial charge >= 0.3 is 0 Å². The Morgan fingerprint density at radius 1 is 1.57 bits per heavy atom. The van der Waals surface area contributed by atoms with Crippen LogP contribution in [0.3, 0.4) is 0 Å². The van der Waals surface area contributed by atoms with Gasteiger partial charge in [-0.15, -0.1) is 0 Å². The minimum Gasteiger partial charge on any atom is -0.494 e. The summed E-state index contributed by atoms with van der Waals surface area (Å²) in [4.78, 5) is 14.6. The molecule has 5 nitrogen and oxygen atoms in total. The van der Waals surface area contributed by atoms with Gasteiger partial charge in [-0.25, -0.2) is 0 Å². The third-order valence-electron chi connectivity index (χ3n) is 3.96. The molecule has 2 unspecified atom stereocenters. The van der Waals surface area contributed by atoms with Gasteiger partial charge in [-0.05, 0) is 38.3 Å². The smallest absolute Gasteiger partial charge is 0.241 e. The Morgan fingerprint density at radius 3 is 2.95 bits per heavy atom. The Kier molecular flexibility index (Phi) is 5.36. The van der Waals surface area contributed by atoms with E-state index in [0.29, 0.717) is 23.2 Å². The Bertz CT molecular complexity index is 504. The Labute approximate surface area is 130 Å². The molecule has 21 heavy (non-hydrogen) atoms. The number of nitrogens with zero attached hydrogens (tertiary/aromatic N) is 1. The van der Waals surface area contributed by atoms with E-state index in [2.05, 4.69) is 10.2 Å². The van der Waals surface area contributed by atoms with E-state index < -0.39 is 0 Å². The highest BCUT2D eigenvalue weighted by Crippen LogP contribution is 2.27. The van der Waals surface area contributed by atoms with Crippen molar-refractivity contribution in [1.82, 2.24) is 4.90 Å². The minimum absolute atomic E-state index is 0.0301. The van der Waals surface area contributed by atoms with Crippen molar-refractivity contribution >= 4 is 29.0 Å². The first-order valence-electron chi connectivity index (χ1n) is 7.07. The number of ether oxygens (including phenoxy) is 1. The van der Waals surface area contributed by atoms with Crippen molar-refractivity contribution in [3.63, 3.8) is 0 Å². The molecular weight excluding hydrogens is 286 g/mol. The molecule has 1 aromatic carbocycles. The molecule has 1 amide bonds. The van der Waals surface area contributed by atoms with E-state index in [1.54, 1.807) is 25.3 Å². The second-order valence-electron chi connectivity index (χ2n) is 5.31. The highest BCUT2D eigenvalue weighted by Gasteiger charge is 2.27. The van der Waals surface area contributed by atoms with Gasteiger partial charge in [-0.2, -0.15) is 11.8 Å². The second-order valence-corrected chi connectivity index (χ2v) is 6.46. The number of hydrogen-bond acceptors (Lipinski definition) is 5. The summed E-state index contributed by atoms with van der Waals surface area (Å²) < 4.78 is 5.26. The Morgan fingerprint density at radius 2 is 2.33 bits per heavy atom. The van der Waals surface area contributed by atoms with Crippen molar-refractivity contribution < 1.29 is 9.53 Å². The summed E-state index contributed by atoms with van der Waals surface area (Å²) in [6, 6.07) is 5.52. The average Bonchev–Trinajstić information content (AvgIpc) is 3.01. The van der Waals surface area contributed by atoms with Gasteiger partial charge < -0.3 is 15.8 Å². The summed E-state index contributed by atoms with van der Waals surface area (Å²) in [5, 5.41) is 2.92. The molecule has 0 radical (unpaired) electrons. The maximum Gasteiger partial charge on any atom is 0.241 e. The van der Waals surface area contributed by atoms with Gasteiger partial charge in [0.2, 0.25) is 5.91 Å². The van der Waals surface area contributed by atoms with Crippen LogP contribution in [0.5, 0.6) is 5.75 Å². The van der Waals surface area contributed by atoms with Crippen molar-refractivity contribution in [1.29, 1.82) is 0 Å². The molecule has 1 aliphatic heterocycles. The topological polar surface area (TPSA) is 67.6 Å². The number of carbonyl (C=O) groups is 1. The number of likely N-dealkylation sites (N-methyl/N-ethyl adjacent to an activating group) is 1. The standard InChI is InChI=1S/C15H23N3O2S/c1-10(18(2)12-6-7-21-9-12)15(19)17-13-5-4-11(16)8-14(13)20-3/h4-5,8,10,12H,6-7,9,16H2,1-3H3,(H,17,19). The van der Waals surface area contributed by atoms with E-state index >= 15 is 0 Å². The molecule has 0 saturated carbocycles. The zero-order chi connectivity index (χ0) is 15.4. The van der Waals surface area contributed by atoms with Gasteiger partial charge in [-0.1, -0.05) is 0 Å². The van der Waals surface area contributed by atoms with Gasteiger partial charge in [0, 0.05) is 23.5 Å². The molecule has 116 valence electrons. The van der Waals surface area contributed by atoms with Crippen molar-refractivity contribution in [2.45, 2.75) is 25.4 Å². The van der Waals surface area contributed by atoms with Crippen LogP contribution in [0.15, 0.2) is 18.2 Å². The lowest BCUT2D eigenvalue weighted by Gasteiger charge is -2.29. The zero-order valence-corrected chi connectivity index (χ0v) is 13.6. The molecule has 0 spiro atoms. The number of benzene rings is 1. The van der Waals surface area contributed by atoms with E-state index in [1.165, 1.54) is 5.75 Å². The lowest BCUT2D eigenvalue weighted by atomic mass is 10.1. The van der Waals surface area contributed by atoms with Crippen molar-refractivity contribution in [3.8, 4) is 5.75 Å². The predicted octanol–water partition coefficient (Wildman–Crippen LogP) is 2.04. The zero-order valence-electron chi connectivity index (χ0n) is 12.8. The summed E-state index contributed by atoms with van der Waals surface area (Å²) in [5.41, 5.74) is 6.98. The van der Waals surface area contributed by atoms with Gasteiger partial charge in [0.15, 0.2) is 0 Å². The molecule has 0 bridgehead atoms. The number of thioether (sulfide) groups is 1. The molecule has 6 heteroatoms. The van der Waals surface area contributed by atoms with E-state index in [9.17, 15) is 4.79 Å². The molecule has 1 heterocycles. The number of carbonyl (C=O) groups excluding carboxylic acids is 1. The van der Waals surface area contributed by atoms with Gasteiger partial charge in [-0.3, -0.25) is 9.69 Å². The molecule has 1 aromatic rings. The normalized spacial score (nSPS) is 19.5. The molecule has 0 aromatic heterocycles. The largest absolute Gasteiger partial charge is 0.494 e. The number of hydrogen-bond donors (Lipinski definition) is 2. The van der Waals surface area contributed by atoms with Crippen molar-refractivity contribution in [3.05, 3.63) is 18.2 Å². The quantitative estimate of drug-likeness (QED) is 0.815. The summed E-state index contributed by atoms with van der Waals surface area (Å²) in [5.74, 6) is 2.82. The summed E-state index contributed by atoms with van der Waals surface area (Å²) in [6.07, 6.45) is 1.14. The predicted molar refractivity (Wildman–Crippen MR) is 89.0 cm³/mol. The first-order chi connectivity index (χ1) is 10.0. The van der Waals surface area contributed by atoms with Crippen molar-refractivity contribution in [2.75, 3.05) is 36.7 Å². The minimum atomic E-state index is -0.184. The third-order valence-corrected chi connectivity index (χ3v) is 5.10. The number of amides is 1. The van der Waals surface area contributed by atoms with Crippen LogP contribution in [-0.4, -0.2) is 48.6 Å². The fraction of sp³-hybridized carbons (Fsp3) is 0.533. The van der Waals surface area contributed by atoms with Crippen LogP contribution in [0.1, 0.15) is 13.3 Å².